The van der Waals surface area contributed by atoms with E-state index in [1.807, 2.05) is 6.07 Å². The summed E-state index contributed by atoms with van der Waals surface area (Å²) in [5.74, 6) is -0.672. The van der Waals surface area contributed by atoms with Crippen molar-refractivity contribution in [2.24, 2.45) is 14.1 Å². The van der Waals surface area contributed by atoms with Gasteiger partial charge >= 0.3 is 5.69 Å². The zero-order valence-corrected chi connectivity index (χ0v) is 18.6. The van der Waals surface area contributed by atoms with Gasteiger partial charge in [0.2, 0.25) is 5.91 Å². The minimum Gasteiger partial charge on any atom is -0.344 e. The molecule has 10 nitrogen and oxygen atoms in total. The normalized spacial score (nSPS) is 11.3. The van der Waals surface area contributed by atoms with Crippen molar-refractivity contribution in [1.82, 2.24) is 33.8 Å². The summed E-state index contributed by atoms with van der Waals surface area (Å²) in [5, 5.41) is 7.15. The van der Waals surface area contributed by atoms with Gasteiger partial charge in [-0.05, 0) is 31.0 Å². The highest BCUT2D eigenvalue weighted by Crippen LogP contribution is 2.19. The lowest BCUT2D eigenvalue weighted by Gasteiger charge is -2.17. The third-order valence-electron chi connectivity index (χ3n) is 5.61. The van der Waals surface area contributed by atoms with E-state index in [0.717, 1.165) is 10.3 Å². The maximum Gasteiger partial charge on any atom is 0.332 e. The molecule has 4 rings (SSSR count). The summed E-state index contributed by atoms with van der Waals surface area (Å²) in [6.07, 6.45) is 2.72. The first-order valence-corrected chi connectivity index (χ1v) is 10.4. The lowest BCUT2D eigenvalue weighted by molar-refractivity contribution is -0.130. The highest BCUT2D eigenvalue weighted by molar-refractivity contribution is 5.76. The Kier molecular flexibility index (Phi) is 5.95. The van der Waals surface area contributed by atoms with Gasteiger partial charge in [-0.2, -0.15) is 5.10 Å². The van der Waals surface area contributed by atoms with Crippen LogP contribution in [0.25, 0.3) is 22.4 Å². The second-order valence-electron chi connectivity index (χ2n) is 7.97. The van der Waals surface area contributed by atoms with Gasteiger partial charge in [-0.15, -0.1) is 0 Å². The van der Waals surface area contributed by atoms with Crippen molar-refractivity contribution in [3.63, 3.8) is 0 Å². The zero-order valence-electron chi connectivity index (χ0n) is 18.6. The van der Waals surface area contributed by atoms with Crippen LogP contribution in [0.15, 0.2) is 46.2 Å². The van der Waals surface area contributed by atoms with Crippen molar-refractivity contribution in [2.75, 3.05) is 13.6 Å². The molecule has 3 heterocycles. The number of hydrogen-bond donors (Lipinski definition) is 1. The minimum absolute atomic E-state index is 0.265. The van der Waals surface area contributed by atoms with Crippen LogP contribution >= 0.6 is 0 Å². The molecule has 3 aromatic heterocycles. The van der Waals surface area contributed by atoms with E-state index >= 15 is 0 Å². The van der Waals surface area contributed by atoms with E-state index < -0.39 is 11.2 Å². The highest BCUT2D eigenvalue weighted by Gasteiger charge is 2.18. The third kappa shape index (κ3) is 4.34. The van der Waals surface area contributed by atoms with Gasteiger partial charge in [-0.1, -0.05) is 12.1 Å². The summed E-state index contributed by atoms with van der Waals surface area (Å²) in [6.45, 7) is 0.0765. The van der Waals surface area contributed by atoms with Crippen LogP contribution in [0.1, 0.15) is 12.1 Å². The number of imidazole rings is 1. The number of aromatic amines is 1. The first-order valence-electron chi connectivity index (χ1n) is 10.4. The molecule has 172 valence electrons. The summed E-state index contributed by atoms with van der Waals surface area (Å²) in [4.78, 5) is 43.6. The number of rotatable bonds is 7. The highest BCUT2D eigenvalue weighted by atomic mass is 19.1. The molecule has 1 N–H and O–H groups in total. The fraction of sp³-hybridized carbons (Fsp3) is 0.318. The summed E-state index contributed by atoms with van der Waals surface area (Å²) in [5.41, 5.74) is 1.61. The van der Waals surface area contributed by atoms with Crippen LogP contribution in [0.3, 0.4) is 0 Å². The van der Waals surface area contributed by atoms with E-state index in [2.05, 4.69) is 15.2 Å². The first-order chi connectivity index (χ1) is 15.8. The summed E-state index contributed by atoms with van der Waals surface area (Å²) in [7, 11) is 4.81. The van der Waals surface area contributed by atoms with Gasteiger partial charge < -0.3 is 9.47 Å². The largest absolute Gasteiger partial charge is 0.344 e. The summed E-state index contributed by atoms with van der Waals surface area (Å²) >= 11 is 0. The quantitative estimate of drug-likeness (QED) is 0.450. The Morgan fingerprint density at radius 3 is 2.76 bits per heavy atom. The van der Waals surface area contributed by atoms with Crippen molar-refractivity contribution in [3.8, 4) is 11.3 Å². The molecule has 0 radical (unpaired) electrons. The monoisotopic (exact) mass is 453 g/mol. The average Bonchev–Trinajstić information content (AvgIpc) is 3.42. The Balaban J connectivity index is 1.39. The second-order valence-corrected chi connectivity index (χ2v) is 7.97. The van der Waals surface area contributed by atoms with Gasteiger partial charge in [-0.3, -0.25) is 19.3 Å². The van der Waals surface area contributed by atoms with Crippen LogP contribution in [0.2, 0.25) is 0 Å². The van der Waals surface area contributed by atoms with E-state index in [1.165, 1.54) is 39.5 Å². The molecule has 0 saturated carbocycles. The molecule has 0 bridgehead atoms. The Labute approximate surface area is 187 Å². The molecule has 0 unspecified atom stereocenters. The maximum absolute atomic E-state index is 13.4. The smallest absolute Gasteiger partial charge is 0.332 e. The van der Waals surface area contributed by atoms with Gasteiger partial charge in [0.15, 0.2) is 11.2 Å². The number of hydrogen-bond acceptors (Lipinski definition) is 5. The first kappa shape index (κ1) is 22.2. The van der Waals surface area contributed by atoms with Crippen LogP contribution in [-0.2, 0) is 31.9 Å². The zero-order chi connectivity index (χ0) is 23.7. The molecule has 0 atom stereocenters. The molecular formula is C22H24FN7O3. The van der Waals surface area contributed by atoms with Gasteiger partial charge in [0.25, 0.3) is 5.56 Å². The Hall–Kier alpha value is -4.02. The number of benzene rings is 1. The fourth-order valence-corrected chi connectivity index (χ4v) is 3.71. The van der Waals surface area contributed by atoms with E-state index in [9.17, 15) is 18.8 Å². The second kappa shape index (κ2) is 8.85. The molecule has 0 aliphatic carbocycles. The number of nitrogens with one attached hydrogen (secondary N) is 1. The molecule has 33 heavy (non-hydrogen) atoms. The number of H-pyrrole nitrogens is 1. The fourth-order valence-electron chi connectivity index (χ4n) is 3.71. The molecule has 0 saturated heterocycles. The summed E-state index contributed by atoms with van der Waals surface area (Å²) in [6, 6.07) is 8.06. The number of carbonyl (C=O) groups is 1. The molecule has 4 aromatic rings. The third-order valence-corrected chi connectivity index (χ3v) is 5.61. The van der Waals surface area contributed by atoms with Crippen LogP contribution in [0, 0.1) is 5.82 Å². The molecule has 0 aliphatic rings. The van der Waals surface area contributed by atoms with E-state index in [-0.39, 0.29) is 29.4 Å². The van der Waals surface area contributed by atoms with Crippen molar-refractivity contribution >= 4 is 17.1 Å². The SMILES string of the molecule is CN(CCCc1cc(-c2cccc(F)c2)n[nH]1)C(=O)Cn1c(=O)c2c(ncn2C)n(C)c1=O. The van der Waals surface area contributed by atoms with E-state index in [1.54, 1.807) is 26.2 Å². The number of halogens is 1. The molecule has 0 spiro atoms. The molecular weight excluding hydrogens is 429 g/mol. The number of fused-ring (bicyclic) bond motifs is 1. The van der Waals surface area contributed by atoms with Gasteiger partial charge in [-0.25, -0.2) is 18.7 Å². The van der Waals surface area contributed by atoms with Crippen molar-refractivity contribution in [2.45, 2.75) is 19.4 Å². The van der Waals surface area contributed by atoms with Crippen LogP contribution < -0.4 is 11.2 Å². The van der Waals surface area contributed by atoms with Crippen molar-refractivity contribution in [1.29, 1.82) is 0 Å². The van der Waals surface area contributed by atoms with E-state index in [0.29, 0.717) is 30.6 Å². The standard InChI is InChI=1S/C22H24FN7O3/c1-27(9-5-8-16-11-17(26-25-16)14-6-4-7-15(23)10-14)18(31)12-30-21(32)19-20(24-13-28(19)2)29(3)22(30)33/h4,6-7,10-11,13H,5,8-9,12H2,1-3H3,(H,25,26). The Bertz CT molecular complexity index is 1450. The number of likely N-dealkylation sites (N-methyl/N-ethyl adjacent to an activating group) is 1. The van der Waals surface area contributed by atoms with Crippen LogP contribution in [0.4, 0.5) is 4.39 Å². The maximum atomic E-state index is 13.4. The minimum atomic E-state index is -0.588. The van der Waals surface area contributed by atoms with Crippen LogP contribution in [0.5, 0.6) is 0 Å². The number of amides is 1. The lowest BCUT2D eigenvalue weighted by Crippen LogP contribution is -2.44. The predicted octanol–water partition coefficient (Wildman–Crippen LogP) is 1.05. The molecule has 11 heteroatoms. The molecule has 1 aromatic carbocycles. The van der Waals surface area contributed by atoms with Gasteiger partial charge in [0, 0.05) is 38.9 Å². The topological polar surface area (TPSA) is 111 Å². The predicted molar refractivity (Wildman–Crippen MR) is 120 cm³/mol. The number of nitrogens with zero attached hydrogens (tertiary/aromatic N) is 6. The van der Waals surface area contributed by atoms with Gasteiger partial charge in [0.05, 0.1) is 12.0 Å². The Morgan fingerprint density at radius 1 is 1.21 bits per heavy atom. The van der Waals surface area contributed by atoms with Crippen molar-refractivity contribution < 1.29 is 9.18 Å². The molecule has 1 amide bonds. The Morgan fingerprint density at radius 2 is 2.00 bits per heavy atom. The average molecular weight is 453 g/mol. The number of carbonyl (C=O) groups excluding carboxylic acids is 1. The summed E-state index contributed by atoms with van der Waals surface area (Å²) < 4.78 is 17.1. The van der Waals surface area contributed by atoms with Crippen LogP contribution in [-0.4, -0.2) is 53.3 Å². The lowest BCUT2D eigenvalue weighted by atomic mass is 10.1. The van der Waals surface area contributed by atoms with Crippen molar-refractivity contribution in [3.05, 3.63) is 69.0 Å². The van der Waals surface area contributed by atoms with E-state index in [4.69, 9.17) is 0 Å². The molecule has 0 aliphatic heterocycles. The molecule has 0 fully saturated rings. The number of aryl methyl sites for hydroxylation is 3. The van der Waals surface area contributed by atoms with Gasteiger partial charge in [0.1, 0.15) is 12.4 Å². The number of aromatic nitrogens is 6.